The van der Waals surface area contributed by atoms with Gasteiger partial charge in [-0.3, -0.25) is 9.59 Å². The van der Waals surface area contributed by atoms with Crippen LogP contribution in [0.15, 0.2) is 52.1 Å². The van der Waals surface area contributed by atoms with Gasteiger partial charge in [0.05, 0.1) is 17.2 Å². The summed E-state index contributed by atoms with van der Waals surface area (Å²) < 4.78 is -0.700. The second kappa shape index (κ2) is 7.66. The zero-order valence-electron chi connectivity index (χ0n) is 13.0. The van der Waals surface area contributed by atoms with Crippen molar-refractivity contribution in [3.8, 4) is 0 Å². The van der Waals surface area contributed by atoms with E-state index in [1.165, 1.54) is 23.1 Å². The van der Waals surface area contributed by atoms with Gasteiger partial charge >= 0.3 is 5.97 Å². The Morgan fingerprint density at radius 2 is 1.96 bits per heavy atom. The number of hydrogen-bond acceptors (Lipinski definition) is 4. The largest absolute Gasteiger partial charge is 0.481 e. The maximum Gasteiger partial charge on any atom is 0.305 e. The van der Waals surface area contributed by atoms with E-state index in [0.717, 1.165) is 10.5 Å². The number of carboxylic acids is 1. The lowest BCUT2D eigenvalue weighted by Gasteiger charge is -2.26. The number of carbonyl (C=O) groups excluding carboxylic acids is 1. The number of rotatable bonds is 7. The Balaban J connectivity index is 2.09. The minimum absolute atomic E-state index is 0.130. The van der Waals surface area contributed by atoms with Gasteiger partial charge in [0.25, 0.3) is 0 Å². The lowest BCUT2D eigenvalue weighted by Crippen LogP contribution is -2.42. The van der Waals surface area contributed by atoms with Crippen molar-refractivity contribution >= 4 is 35.0 Å². The molecule has 23 heavy (non-hydrogen) atoms. The Morgan fingerprint density at radius 3 is 2.52 bits per heavy atom. The number of carbonyl (C=O) groups is 2. The van der Waals surface area contributed by atoms with Crippen LogP contribution < -0.4 is 5.32 Å². The second-order valence-corrected chi connectivity index (χ2v) is 8.08. The highest BCUT2D eigenvalue weighted by Crippen LogP contribution is 2.33. The van der Waals surface area contributed by atoms with Gasteiger partial charge in [-0.25, -0.2) is 0 Å². The normalized spacial score (nSPS) is 12.6. The number of thiophene rings is 1. The molecule has 4 nitrogen and oxygen atoms in total. The van der Waals surface area contributed by atoms with E-state index < -0.39 is 16.8 Å². The molecule has 0 spiro atoms. The van der Waals surface area contributed by atoms with E-state index in [-0.39, 0.29) is 12.3 Å². The lowest BCUT2D eigenvalue weighted by molar-refractivity contribution is -0.137. The summed E-state index contributed by atoms with van der Waals surface area (Å²) in [5.41, 5.74) is 0.825. The summed E-state index contributed by atoms with van der Waals surface area (Å²) in [7, 11) is 0. The van der Waals surface area contributed by atoms with Gasteiger partial charge in [-0.2, -0.15) is 11.3 Å². The van der Waals surface area contributed by atoms with Crippen LogP contribution in [0.1, 0.15) is 31.9 Å². The van der Waals surface area contributed by atoms with Crippen molar-refractivity contribution in [2.45, 2.75) is 36.0 Å². The van der Waals surface area contributed by atoms with Crippen molar-refractivity contribution in [2.24, 2.45) is 0 Å². The Kier molecular flexibility index (Phi) is 5.85. The van der Waals surface area contributed by atoms with E-state index in [4.69, 9.17) is 5.11 Å². The Hall–Kier alpha value is -1.79. The van der Waals surface area contributed by atoms with Crippen LogP contribution >= 0.6 is 23.1 Å². The smallest absolute Gasteiger partial charge is 0.305 e. The SMILES string of the molecule is CC(C)(Sc1ccccc1)C(=O)NC(CC(=O)O)c1ccsc1. The van der Waals surface area contributed by atoms with Gasteiger partial charge in [-0.1, -0.05) is 18.2 Å². The maximum atomic E-state index is 12.6. The van der Waals surface area contributed by atoms with Crippen LogP contribution in [0.2, 0.25) is 0 Å². The third kappa shape index (κ3) is 5.11. The van der Waals surface area contributed by atoms with Gasteiger partial charge in [-0.15, -0.1) is 11.8 Å². The molecule has 2 aromatic rings. The summed E-state index contributed by atoms with van der Waals surface area (Å²) in [5.74, 6) is -1.11. The molecule has 1 aromatic heterocycles. The first kappa shape index (κ1) is 17.6. The van der Waals surface area contributed by atoms with Crippen molar-refractivity contribution in [2.75, 3.05) is 0 Å². The molecule has 6 heteroatoms. The third-order valence-electron chi connectivity index (χ3n) is 3.29. The van der Waals surface area contributed by atoms with Crippen LogP contribution in [0.3, 0.4) is 0 Å². The molecule has 1 aromatic carbocycles. The van der Waals surface area contributed by atoms with E-state index in [9.17, 15) is 9.59 Å². The fourth-order valence-electron chi connectivity index (χ4n) is 2.06. The van der Waals surface area contributed by atoms with Crippen LogP contribution in [0.4, 0.5) is 0 Å². The van der Waals surface area contributed by atoms with Crippen LogP contribution in [0.5, 0.6) is 0 Å². The van der Waals surface area contributed by atoms with E-state index in [2.05, 4.69) is 5.32 Å². The fraction of sp³-hybridized carbons (Fsp3) is 0.294. The van der Waals surface area contributed by atoms with Crippen LogP contribution in [-0.2, 0) is 9.59 Å². The standard InChI is InChI=1S/C17H19NO3S2/c1-17(2,23-13-6-4-3-5-7-13)16(21)18-14(10-15(19)20)12-8-9-22-11-12/h3-9,11,14H,10H2,1-2H3,(H,18,21)(H,19,20). The Labute approximate surface area is 143 Å². The summed E-state index contributed by atoms with van der Waals surface area (Å²) in [5, 5.41) is 15.7. The number of nitrogens with one attached hydrogen (secondary N) is 1. The molecule has 1 amide bonds. The molecular formula is C17H19NO3S2. The molecule has 0 aliphatic heterocycles. The monoisotopic (exact) mass is 349 g/mol. The van der Waals surface area contributed by atoms with Crippen LogP contribution in [0, 0.1) is 0 Å². The predicted octanol–water partition coefficient (Wildman–Crippen LogP) is 3.95. The van der Waals surface area contributed by atoms with E-state index >= 15 is 0 Å². The van der Waals surface area contributed by atoms with E-state index in [1.54, 1.807) is 0 Å². The first-order valence-corrected chi connectivity index (χ1v) is 8.93. The van der Waals surface area contributed by atoms with Crippen LogP contribution in [0.25, 0.3) is 0 Å². The zero-order chi connectivity index (χ0) is 16.9. The van der Waals surface area contributed by atoms with Crippen LogP contribution in [-0.4, -0.2) is 21.7 Å². The minimum atomic E-state index is -0.935. The highest BCUT2D eigenvalue weighted by Gasteiger charge is 2.31. The van der Waals surface area contributed by atoms with Gasteiger partial charge in [0.1, 0.15) is 0 Å². The molecule has 1 heterocycles. The van der Waals surface area contributed by atoms with Gasteiger partial charge < -0.3 is 10.4 Å². The molecule has 1 unspecified atom stereocenters. The fourth-order valence-corrected chi connectivity index (χ4v) is 3.81. The summed E-state index contributed by atoms with van der Waals surface area (Å²) in [6.07, 6.45) is -0.130. The quantitative estimate of drug-likeness (QED) is 0.743. The molecule has 0 fully saturated rings. The van der Waals surface area contributed by atoms with Gasteiger partial charge in [0.15, 0.2) is 0 Å². The van der Waals surface area contributed by atoms with Crippen molar-refractivity contribution in [1.82, 2.24) is 5.32 Å². The highest BCUT2D eigenvalue weighted by molar-refractivity contribution is 8.01. The van der Waals surface area contributed by atoms with Crippen molar-refractivity contribution in [3.63, 3.8) is 0 Å². The summed E-state index contributed by atoms with van der Waals surface area (Å²) in [6, 6.07) is 11.0. The number of hydrogen-bond donors (Lipinski definition) is 2. The van der Waals surface area contributed by atoms with Gasteiger partial charge in [-0.05, 0) is 48.4 Å². The number of thioether (sulfide) groups is 1. The topological polar surface area (TPSA) is 66.4 Å². The Bertz CT molecular complexity index is 654. The molecule has 0 radical (unpaired) electrons. The zero-order valence-corrected chi connectivity index (χ0v) is 14.6. The van der Waals surface area contributed by atoms with E-state index in [0.29, 0.717) is 0 Å². The second-order valence-electron chi connectivity index (χ2n) is 5.61. The molecule has 0 bridgehead atoms. The first-order chi connectivity index (χ1) is 10.9. The predicted molar refractivity (Wildman–Crippen MR) is 93.8 cm³/mol. The summed E-state index contributed by atoms with van der Waals surface area (Å²) >= 11 is 2.94. The summed E-state index contributed by atoms with van der Waals surface area (Å²) in [6.45, 7) is 3.68. The van der Waals surface area contributed by atoms with Gasteiger partial charge in [0, 0.05) is 4.90 Å². The number of aliphatic carboxylic acids is 1. The number of carboxylic acid groups (broad SMARTS) is 1. The molecule has 0 saturated heterocycles. The molecule has 0 aliphatic rings. The molecule has 0 saturated carbocycles. The van der Waals surface area contributed by atoms with Crippen molar-refractivity contribution in [1.29, 1.82) is 0 Å². The van der Waals surface area contributed by atoms with Gasteiger partial charge in [0.2, 0.25) is 5.91 Å². The first-order valence-electron chi connectivity index (χ1n) is 7.17. The molecular weight excluding hydrogens is 330 g/mol. The lowest BCUT2D eigenvalue weighted by atomic mass is 10.1. The van der Waals surface area contributed by atoms with Crippen molar-refractivity contribution in [3.05, 3.63) is 52.7 Å². The maximum absolute atomic E-state index is 12.6. The third-order valence-corrected chi connectivity index (χ3v) is 5.20. The molecule has 2 N–H and O–H groups in total. The number of amides is 1. The average molecular weight is 349 g/mol. The highest BCUT2D eigenvalue weighted by atomic mass is 32.2. The van der Waals surface area contributed by atoms with Crippen molar-refractivity contribution < 1.29 is 14.7 Å². The van der Waals surface area contributed by atoms with E-state index in [1.807, 2.05) is 61.0 Å². The average Bonchev–Trinajstić information content (AvgIpc) is 3.00. The molecule has 1 atom stereocenters. The Morgan fingerprint density at radius 1 is 1.26 bits per heavy atom. The molecule has 2 rings (SSSR count). The number of benzene rings is 1. The summed E-state index contributed by atoms with van der Waals surface area (Å²) in [4.78, 5) is 24.7. The molecule has 122 valence electrons. The molecule has 0 aliphatic carbocycles. The minimum Gasteiger partial charge on any atom is -0.481 e.